The van der Waals surface area contributed by atoms with Crippen LogP contribution in [0, 0.1) is 11.3 Å². The molecule has 2 heterocycles. The van der Waals surface area contributed by atoms with Crippen LogP contribution >= 0.6 is 0 Å². The molecule has 1 aliphatic rings. The normalized spacial score (nSPS) is 16.1. The molecule has 0 spiro atoms. The van der Waals surface area contributed by atoms with Crippen LogP contribution in [0.2, 0.25) is 0 Å². The average molecular weight is 348 g/mol. The van der Waals surface area contributed by atoms with E-state index in [-0.39, 0.29) is 6.04 Å². The van der Waals surface area contributed by atoms with Gasteiger partial charge in [-0.15, -0.1) is 0 Å². The van der Waals surface area contributed by atoms with Crippen molar-refractivity contribution in [3.63, 3.8) is 0 Å². The number of nitriles is 1. The Bertz CT molecular complexity index is 1260. The number of nitrogens with one attached hydrogen (secondary N) is 1. The van der Waals surface area contributed by atoms with Crippen molar-refractivity contribution in [2.45, 2.75) is 6.04 Å². The highest BCUT2D eigenvalue weighted by atomic mass is 16.3. The Balaban J connectivity index is 1.68. The van der Waals surface area contributed by atoms with Crippen LogP contribution in [-0.4, -0.2) is 0 Å². The molecule has 4 aromatic rings. The van der Waals surface area contributed by atoms with Gasteiger partial charge in [0.05, 0.1) is 17.7 Å². The molecule has 0 fully saturated rings. The van der Waals surface area contributed by atoms with E-state index in [1.807, 2.05) is 48.5 Å². The van der Waals surface area contributed by atoms with Crippen molar-refractivity contribution >= 4 is 27.6 Å². The Labute approximate surface area is 156 Å². The summed E-state index contributed by atoms with van der Waals surface area (Å²) in [6.07, 6.45) is 6.26. The van der Waals surface area contributed by atoms with Gasteiger partial charge in [-0.1, -0.05) is 60.7 Å². The van der Waals surface area contributed by atoms with Crippen LogP contribution in [-0.2, 0) is 0 Å². The molecule has 0 radical (unpaired) electrons. The van der Waals surface area contributed by atoms with Crippen LogP contribution in [0.1, 0.15) is 22.7 Å². The summed E-state index contributed by atoms with van der Waals surface area (Å²) in [6.45, 7) is 0. The molecule has 0 saturated heterocycles. The summed E-state index contributed by atoms with van der Waals surface area (Å²) in [5, 5.41) is 15.2. The third-order valence-corrected chi connectivity index (χ3v) is 4.94. The van der Waals surface area contributed by atoms with Gasteiger partial charge in [0.25, 0.3) is 0 Å². The quantitative estimate of drug-likeness (QED) is 0.505. The maximum absolute atomic E-state index is 9.48. The van der Waals surface area contributed by atoms with Crippen molar-refractivity contribution in [1.29, 1.82) is 5.26 Å². The first-order chi connectivity index (χ1) is 13.3. The topological polar surface area (TPSA) is 49.0 Å². The van der Waals surface area contributed by atoms with Crippen LogP contribution in [0.3, 0.4) is 0 Å². The smallest absolute Gasteiger partial charge is 0.137 e. The van der Waals surface area contributed by atoms with Crippen LogP contribution in [0.5, 0.6) is 0 Å². The number of furan rings is 1. The molecule has 3 nitrogen and oxygen atoms in total. The summed E-state index contributed by atoms with van der Waals surface area (Å²) in [6, 6.07) is 24.2. The lowest BCUT2D eigenvalue weighted by Gasteiger charge is -2.23. The fourth-order valence-corrected chi connectivity index (χ4v) is 3.70. The molecule has 1 unspecified atom stereocenters. The van der Waals surface area contributed by atoms with Gasteiger partial charge in [-0.2, -0.15) is 5.26 Å². The first-order valence-electron chi connectivity index (χ1n) is 8.89. The molecule has 3 heteroatoms. The molecular formula is C24H16N2O. The third kappa shape index (κ3) is 2.59. The highest BCUT2D eigenvalue weighted by Gasteiger charge is 2.20. The predicted molar refractivity (Wildman–Crippen MR) is 108 cm³/mol. The summed E-state index contributed by atoms with van der Waals surface area (Å²) in [5.74, 6) is 0. The van der Waals surface area contributed by atoms with E-state index in [0.29, 0.717) is 5.56 Å². The Morgan fingerprint density at radius 2 is 1.74 bits per heavy atom. The number of dihydropyridines is 1. The van der Waals surface area contributed by atoms with E-state index >= 15 is 0 Å². The maximum atomic E-state index is 9.48. The van der Waals surface area contributed by atoms with E-state index in [4.69, 9.17) is 4.42 Å². The fourth-order valence-electron chi connectivity index (χ4n) is 3.70. The maximum Gasteiger partial charge on any atom is 0.137 e. The molecule has 0 saturated carbocycles. The molecule has 0 bridgehead atoms. The molecule has 1 aliphatic heterocycles. The van der Waals surface area contributed by atoms with Crippen LogP contribution in [0.25, 0.3) is 27.6 Å². The Morgan fingerprint density at radius 3 is 2.59 bits per heavy atom. The van der Waals surface area contributed by atoms with Crippen molar-refractivity contribution in [3.05, 3.63) is 102 Å². The van der Waals surface area contributed by atoms with E-state index in [1.165, 1.54) is 0 Å². The highest BCUT2D eigenvalue weighted by molar-refractivity contribution is 6.07. The number of benzene rings is 3. The van der Waals surface area contributed by atoms with E-state index in [0.717, 1.165) is 38.8 Å². The summed E-state index contributed by atoms with van der Waals surface area (Å²) < 4.78 is 6.02. The van der Waals surface area contributed by atoms with E-state index < -0.39 is 0 Å². The lowest BCUT2D eigenvalue weighted by Crippen LogP contribution is -2.20. The standard InChI is InChI=1S/C24H16N2O/c25-15-16-13-19(24-18-9-4-5-12-22(18)27-23(24)14-16)21-11-6-10-20(26-21)17-7-2-1-3-8-17/h1-14,21,26H. The predicted octanol–water partition coefficient (Wildman–Crippen LogP) is 5.70. The first-order valence-corrected chi connectivity index (χ1v) is 8.89. The van der Waals surface area contributed by atoms with Crippen molar-refractivity contribution in [2.75, 3.05) is 0 Å². The van der Waals surface area contributed by atoms with Gasteiger partial charge in [0.1, 0.15) is 11.2 Å². The number of nitrogens with zero attached hydrogens (tertiary/aromatic N) is 1. The van der Waals surface area contributed by atoms with Gasteiger partial charge in [-0.25, -0.2) is 0 Å². The highest BCUT2D eigenvalue weighted by Crippen LogP contribution is 2.37. The van der Waals surface area contributed by atoms with Crippen molar-refractivity contribution in [3.8, 4) is 6.07 Å². The first kappa shape index (κ1) is 15.5. The largest absolute Gasteiger partial charge is 0.456 e. The second-order valence-electron chi connectivity index (χ2n) is 6.60. The van der Waals surface area contributed by atoms with E-state index in [9.17, 15) is 5.26 Å². The number of rotatable bonds is 2. The van der Waals surface area contributed by atoms with Crippen molar-refractivity contribution in [2.24, 2.45) is 0 Å². The third-order valence-electron chi connectivity index (χ3n) is 4.94. The Hall–Kier alpha value is -3.77. The van der Waals surface area contributed by atoms with E-state index in [2.05, 4.69) is 47.8 Å². The molecule has 1 aromatic heterocycles. The fraction of sp³-hybridized carbons (Fsp3) is 0.0417. The number of fused-ring (bicyclic) bond motifs is 3. The second kappa shape index (κ2) is 6.19. The molecule has 0 aliphatic carbocycles. The zero-order chi connectivity index (χ0) is 18.2. The van der Waals surface area contributed by atoms with Crippen LogP contribution in [0.15, 0.2) is 89.4 Å². The number of hydrogen-bond donors (Lipinski definition) is 1. The molecule has 5 rings (SSSR count). The SMILES string of the molecule is N#Cc1cc(C2C=CC=C(c3ccccc3)N2)c2c(c1)oc1ccccc12. The van der Waals surface area contributed by atoms with Gasteiger partial charge in [0.2, 0.25) is 0 Å². The van der Waals surface area contributed by atoms with Gasteiger partial charge in [-0.3, -0.25) is 0 Å². The van der Waals surface area contributed by atoms with Crippen molar-refractivity contribution < 1.29 is 4.42 Å². The second-order valence-corrected chi connectivity index (χ2v) is 6.60. The lowest BCUT2D eigenvalue weighted by molar-refractivity contribution is 0.667. The molecule has 3 aromatic carbocycles. The number of allylic oxidation sites excluding steroid dienone is 2. The summed E-state index contributed by atoms with van der Waals surface area (Å²) in [7, 11) is 0. The zero-order valence-corrected chi connectivity index (χ0v) is 14.5. The van der Waals surface area contributed by atoms with Crippen molar-refractivity contribution in [1.82, 2.24) is 5.32 Å². The Kier molecular flexibility index (Phi) is 3.55. The Morgan fingerprint density at radius 1 is 0.926 bits per heavy atom. The van der Waals surface area contributed by atoms with Crippen LogP contribution in [0.4, 0.5) is 0 Å². The van der Waals surface area contributed by atoms with Gasteiger partial charge in [0.15, 0.2) is 0 Å². The van der Waals surface area contributed by atoms with Gasteiger partial charge < -0.3 is 9.73 Å². The molecule has 128 valence electrons. The van der Waals surface area contributed by atoms with Gasteiger partial charge in [-0.05, 0) is 35.4 Å². The lowest BCUT2D eigenvalue weighted by atomic mass is 9.95. The minimum absolute atomic E-state index is 0.0398. The summed E-state index contributed by atoms with van der Waals surface area (Å²) in [5.41, 5.74) is 5.43. The average Bonchev–Trinajstić information content (AvgIpc) is 3.12. The number of hydrogen-bond acceptors (Lipinski definition) is 3. The molecule has 0 amide bonds. The van der Waals surface area contributed by atoms with Gasteiger partial charge in [0, 0.05) is 16.5 Å². The van der Waals surface area contributed by atoms with Crippen LogP contribution < -0.4 is 5.32 Å². The summed E-state index contributed by atoms with van der Waals surface area (Å²) >= 11 is 0. The zero-order valence-electron chi connectivity index (χ0n) is 14.5. The monoisotopic (exact) mass is 348 g/mol. The number of para-hydroxylation sites is 1. The van der Waals surface area contributed by atoms with E-state index in [1.54, 1.807) is 0 Å². The molecular weight excluding hydrogens is 332 g/mol. The minimum atomic E-state index is -0.0398. The van der Waals surface area contributed by atoms with Gasteiger partial charge >= 0.3 is 0 Å². The molecule has 1 atom stereocenters. The minimum Gasteiger partial charge on any atom is -0.456 e. The summed E-state index contributed by atoms with van der Waals surface area (Å²) in [4.78, 5) is 0. The molecule has 27 heavy (non-hydrogen) atoms. The molecule has 1 N–H and O–H groups in total.